The van der Waals surface area contributed by atoms with E-state index in [0.717, 1.165) is 23.0 Å². The summed E-state index contributed by atoms with van der Waals surface area (Å²) in [6, 6.07) is 12.7. The molecule has 1 heterocycles. The molecule has 0 N–H and O–H groups in total. The molecule has 0 aliphatic carbocycles. The Morgan fingerprint density at radius 2 is 1.71 bits per heavy atom. The molecule has 9 nitrogen and oxygen atoms in total. The van der Waals surface area contributed by atoms with Crippen LogP contribution in [0.15, 0.2) is 60.7 Å². The second kappa shape index (κ2) is 11.8. The van der Waals surface area contributed by atoms with Gasteiger partial charge in [-0.3, -0.25) is 14.4 Å². The highest BCUT2D eigenvalue weighted by molar-refractivity contribution is 6.23. The van der Waals surface area contributed by atoms with Gasteiger partial charge in [-0.05, 0) is 60.9 Å². The Kier molecular flexibility index (Phi) is 8.61. The Morgan fingerprint density at radius 1 is 1.06 bits per heavy atom. The molecule has 0 radical (unpaired) electrons. The molecular formula is C26H27N2O7-. The summed E-state index contributed by atoms with van der Waals surface area (Å²) < 4.78 is 10.7. The summed E-state index contributed by atoms with van der Waals surface area (Å²) in [6.45, 7) is 2.64. The van der Waals surface area contributed by atoms with Crippen molar-refractivity contribution in [3.05, 3.63) is 66.2 Å². The number of aliphatic carboxylic acids is 1. The maximum Gasteiger partial charge on any atom is 0.257 e. The van der Waals surface area contributed by atoms with Crippen LogP contribution in [0.4, 0.5) is 5.69 Å². The number of carboxylic acids is 1. The lowest BCUT2D eigenvalue weighted by molar-refractivity contribution is -0.297. The van der Waals surface area contributed by atoms with Gasteiger partial charge in [-0.2, -0.15) is 0 Å². The number of imide groups is 1. The predicted octanol–water partition coefficient (Wildman–Crippen LogP) is 1.49. The van der Waals surface area contributed by atoms with Crippen molar-refractivity contribution in [2.45, 2.75) is 32.2 Å². The SMILES string of the molecule is CCCOc1ccc(N2C(=O)C[C@H](N(CCc3ccc(OC)cc3)C(=O)/C=C/C(=O)[O-])C2=O)cc1. The molecule has 1 saturated heterocycles. The highest BCUT2D eigenvalue weighted by Gasteiger charge is 2.43. The number of hydrogen-bond donors (Lipinski definition) is 0. The van der Waals surface area contributed by atoms with E-state index in [-0.39, 0.29) is 13.0 Å². The van der Waals surface area contributed by atoms with Crippen molar-refractivity contribution >= 4 is 29.4 Å². The van der Waals surface area contributed by atoms with Crippen LogP contribution >= 0.6 is 0 Å². The van der Waals surface area contributed by atoms with E-state index in [4.69, 9.17) is 9.47 Å². The second-order valence-electron chi connectivity index (χ2n) is 7.91. The number of carbonyl (C=O) groups excluding carboxylic acids is 4. The molecule has 2 aromatic rings. The van der Waals surface area contributed by atoms with Crippen LogP contribution in [0.25, 0.3) is 0 Å². The first-order valence-electron chi connectivity index (χ1n) is 11.3. The van der Waals surface area contributed by atoms with Gasteiger partial charge in [-0.15, -0.1) is 0 Å². The average molecular weight is 480 g/mol. The summed E-state index contributed by atoms with van der Waals surface area (Å²) >= 11 is 0. The molecule has 0 saturated carbocycles. The third-order valence-corrected chi connectivity index (χ3v) is 5.51. The van der Waals surface area contributed by atoms with Gasteiger partial charge in [0.1, 0.15) is 17.5 Å². The van der Waals surface area contributed by atoms with E-state index >= 15 is 0 Å². The molecule has 1 atom stereocenters. The van der Waals surface area contributed by atoms with Crippen LogP contribution in [0.3, 0.4) is 0 Å². The van der Waals surface area contributed by atoms with Gasteiger partial charge in [-0.25, -0.2) is 4.90 Å². The summed E-state index contributed by atoms with van der Waals surface area (Å²) in [6.07, 6.45) is 2.47. The summed E-state index contributed by atoms with van der Waals surface area (Å²) in [5, 5.41) is 10.8. The van der Waals surface area contributed by atoms with Crippen LogP contribution in [0.5, 0.6) is 11.5 Å². The van der Waals surface area contributed by atoms with E-state index in [9.17, 15) is 24.3 Å². The maximum absolute atomic E-state index is 13.3. The van der Waals surface area contributed by atoms with Crippen molar-refractivity contribution in [3.63, 3.8) is 0 Å². The molecule has 3 amide bonds. The van der Waals surface area contributed by atoms with Crippen molar-refractivity contribution in [1.82, 2.24) is 4.90 Å². The molecule has 0 aromatic heterocycles. The van der Waals surface area contributed by atoms with Gasteiger partial charge in [0.25, 0.3) is 5.91 Å². The third-order valence-electron chi connectivity index (χ3n) is 5.51. The Morgan fingerprint density at radius 3 is 2.31 bits per heavy atom. The van der Waals surface area contributed by atoms with E-state index in [1.165, 1.54) is 4.90 Å². The minimum absolute atomic E-state index is 0.101. The molecule has 9 heteroatoms. The quantitative estimate of drug-likeness (QED) is 0.354. The summed E-state index contributed by atoms with van der Waals surface area (Å²) in [7, 11) is 1.55. The van der Waals surface area contributed by atoms with Gasteiger partial charge in [0, 0.05) is 12.6 Å². The van der Waals surface area contributed by atoms with Crippen LogP contribution in [0.1, 0.15) is 25.3 Å². The topological polar surface area (TPSA) is 116 Å². The summed E-state index contributed by atoms with van der Waals surface area (Å²) in [4.78, 5) is 52.0. The first kappa shape index (κ1) is 25.5. The highest BCUT2D eigenvalue weighted by Crippen LogP contribution is 2.28. The zero-order valence-corrected chi connectivity index (χ0v) is 19.6. The number of amides is 3. The van der Waals surface area contributed by atoms with Gasteiger partial charge in [0.2, 0.25) is 11.8 Å². The minimum atomic E-state index is -1.53. The number of anilines is 1. The fraction of sp³-hybridized carbons (Fsp3) is 0.308. The lowest BCUT2D eigenvalue weighted by Gasteiger charge is -2.27. The number of benzene rings is 2. The number of ether oxygens (including phenoxy) is 2. The smallest absolute Gasteiger partial charge is 0.257 e. The highest BCUT2D eigenvalue weighted by atomic mass is 16.5. The second-order valence-corrected chi connectivity index (χ2v) is 7.91. The molecule has 0 bridgehead atoms. The third kappa shape index (κ3) is 6.47. The van der Waals surface area contributed by atoms with Crippen LogP contribution in [0, 0.1) is 0 Å². The fourth-order valence-corrected chi connectivity index (χ4v) is 3.74. The molecule has 35 heavy (non-hydrogen) atoms. The van der Waals surface area contributed by atoms with Gasteiger partial charge >= 0.3 is 0 Å². The van der Waals surface area contributed by atoms with Crippen LogP contribution < -0.4 is 19.5 Å². The Balaban J connectivity index is 1.80. The normalized spacial score (nSPS) is 15.5. The molecule has 1 fully saturated rings. The zero-order chi connectivity index (χ0) is 25.4. The summed E-state index contributed by atoms with van der Waals surface area (Å²) in [5.41, 5.74) is 1.25. The molecule has 3 rings (SSSR count). The van der Waals surface area contributed by atoms with Crippen LogP contribution in [-0.2, 0) is 25.6 Å². The van der Waals surface area contributed by atoms with Crippen LogP contribution in [-0.4, -0.2) is 54.9 Å². The molecule has 0 unspecified atom stereocenters. The first-order chi connectivity index (χ1) is 16.8. The number of carboxylic acid groups (broad SMARTS) is 1. The minimum Gasteiger partial charge on any atom is -0.545 e. The van der Waals surface area contributed by atoms with Gasteiger partial charge < -0.3 is 24.3 Å². The standard InChI is InChI=1S/C26H28N2O7/c1-3-16-35-21-10-6-19(7-11-21)28-24(30)17-22(26(28)33)27(23(29)12-13-25(31)32)15-14-18-4-8-20(34-2)9-5-18/h4-13,22H,3,14-17H2,1-2H3,(H,31,32)/p-1/b13-12+/t22-/m0/s1. The van der Waals surface area contributed by atoms with Crippen molar-refractivity contribution in [2.24, 2.45) is 0 Å². The molecule has 0 spiro atoms. The van der Waals surface area contributed by atoms with Crippen molar-refractivity contribution in [1.29, 1.82) is 0 Å². The van der Waals surface area contributed by atoms with E-state index in [2.05, 4.69) is 0 Å². The molecule has 184 valence electrons. The number of nitrogens with zero attached hydrogens (tertiary/aromatic N) is 2. The lowest BCUT2D eigenvalue weighted by atomic mass is 10.1. The van der Waals surface area contributed by atoms with Crippen molar-refractivity contribution in [2.75, 3.05) is 25.2 Å². The van der Waals surface area contributed by atoms with E-state index in [1.54, 1.807) is 43.5 Å². The average Bonchev–Trinajstić information content (AvgIpc) is 3.15. The molecule has 1 aliphatic rings. The zero-order valence-electron chi connectivity index (χ0n) is 19.6. The number of rotatable bonds is 11. The predicted molar refractivity (Wildman–Crippen MR) is 126 cm³/mol. The number of carbonyl (C=O) groups is 4. The molecule has 1 aliphatic heterocycles. The summed E-state index contributed by atoms with van der Waals surface area (Å²) in [5.74, 6) is -1.93. The molecule has 2 aromatic carbocycles. The van der Waals surface area contributed by atoms with Crippen LogP contribution in [0.2, 0.25) is 0 Å². The fourth-order valence-electron chi connectivity index (χ4n) is 3.74. The van der Waals surface area contributed by atoms with Gasteiger partial charge in [0.05, 0.1) is 31.8 Å². The van der Waals surface area contributed by atoms with E-state index < -0.39 is 29.7 Å². The van der Waals surface area contributed by atoms with E-state index in [1.807, 2.05) is 19.1 Å². The van der Waals surface area contributed by atoms with Crippen molar-refractivity contribution < 1.29 is 33.8 Å². The van der Waals surface area contributed by atoms with Gasteiger partial charge in [0.15, 0.2) is 0 Å². The monoisotopic (exact) mass is 479 g/mol. The first-order valence-corrected chi connectivity index (χ1v) is 11.3. The Labute approximate surface area is 203 Å². The number of hydrogen-bond acceptors (Lipinski definition) is 7. The van der Waals surface area contributed by atoms with E-state index in [0.29, 0.717) is 36.3 Å². The van der Waals surface area contributed by atoms with Gasteiger partial charge in [-0.1, -0.05) is 19.1 Å². The Bertz CT molecular complexity index is 1090. The lowest BCUT2D eigenvalue weighted by Crippen LogP contribution is -2.46. The number of methoxy groups -OCH3 is 1. The molecular weight excluding hydrogens is 452 g/mol. The largest absolute Gasteiger partial charge is 0.545 e. The maximum atomic E-state index is 13.3. The van der Waals surface area contributed by atoms with Crippen molar-refractivity contribution in [3.8, 4) is 11.5 Å². The Hall–Kier alpha value is -4.14.